The number of nitriles is 1. The Balaban J connectivity index is 2.28. The molecule has 1 heterocycles. The molecular formula is C15H16N4O. The van der Waals surface area contributed by atoms with Crippen LogP contribution in [0, 0.1) is 25.2 Å². The van der Waals surface area contributed by atoms with Crippen LogP contribution >= 0.6 is 0 Å². The van der Waals surface area contributed by atoms with Crippen LogP contribution in [0.3, 0.4) is 0 Å². The van der Waals surface area contributed by atoms with E-state index in [1.165, 1.54) is 16.7 Å². The Morgan fingerprint density at radius 1 is 1.35 bits per heavy atom. The molecule has 1 N–H and O–H groups in total. The van der Waals surface area contributed by atoms with Crippen LogP contribution in [0.25, 0.3) is 0 Å². The lowest BCUT2D eigenvalue weighted by Crippen LogP contribution is -2.23. The molecule has 0 saturated heterocycles. The zero-order valence-electron chi connectivity index (χ0n) is 11.8. The van der Waals surface area contributed by atoms with E-state index in [2.05, 4.69) is 42.0 Å². The molecule has 0 radical (unpaired) electrons. The summed E-state index contributed by atoms with van der Waals surface area (Å²) in [6.45, 7) is 4.74. The second-order valence-electron chi connectivity index (χ2n) is 4.86. The molecular weight excluding hydrogens is 252 g/mol. The maximum atomic E-state index is 11.4. The third kappa shape index (κ3) is 3.04. The first-order valence-electron chi connectivity index (χ1n) is 6.28. The minimum absolute atomic E-state index is 0.215. The summed E-state index contributed by atoms with van der Waals surface area (Å²) in [5.41, 5.74) is 3.29. The second-order valence-corrected chi connectivity index (χ2v) is 4.86. The van der Waals surface area contributed by atoms with Crippen LogP contribution in [-0.2, 0) is 6.54 Å². The zero-order chi connectivity index (χ0) is 14.7. The number of H-pyrrole nitrogens is 1. The molecule has 0 aliphatic carbocycles. The van der Waals surface area contributed by atoms with Crippen molar-refractivity contribution in [2.24, 2.45) is 0 Å². The van der Waals surface area contributed by atoms with E-state index in [4.69, 9.17) is 5.26 Å². The Morgan fingerprint density at radius 3 is 2.75 bits per heavy atom. The smallest absolute Gasteiger partial charge is 0.347 e. The quantitative estimate of drug-likeness (QED) is 0.922. The Hall–Kier alpha value is -2.61. The van der Waals surface area contributed by atoms with E-state index in [9.17, 15) is 4.79 Å². The Bertz CT molecular complexity index is 727. The Kier molecular flexibility index (Phi) is 3.85. The standard InChI is InChI=1S/C15H16N4O/c1-10-4-5-12(11(2)6-10)9-19(3)14-7-13(8-16)17-15(20)18-14/h4-7H,9H2,1-3H3,(H,17,18,20). The van der Waals surface area contributed by atoms with Gasteiger partial charge in [-0.25, -0.2) is 4.79 Å². The van der Waals surface area contributed by atoms with Crippen LogP contribution in [-0.4, -0.2) is 17.0 Å². The molecule has 0 amide bonds. The number of benzene rings is 1. The topological polar surface area (TPSA) is 72.8 Å². The van der Waals surface area contributed by atoms with Crippen LogP contribution < -0.4 is 10.6 Å². The molecule has 0 unspecified atom stereocenters. The summed E-state index contributed by atoms with van der Waals surface area (Å²) in [5.74, 6) is 0.491. The highest BCUT2D eigenvalue weighted by Crippen LogP contribution is 2.16. The number of aromatic amines is 1. The van der Waals surface area contributed by atoms with Gasteiger partial charge in [0.05, 0.1) is 0 Å². The van der Waals surface area contributed by atoms with E-state index >= 15 is 0 Å². The molecule has 0 atom stereocenters. The molecule has 1 aromatic carbocycles. The van der Waals surface area contributed by atoms with Gasteiger partial charge in [0.2, 0.25) is 0 Å². The fourth-order valence-electron chi connectivity index (χ4n) is 2.06. The molecule has 5 heteroatoms. The van der Waals surface area contributed by atoms with E-state index in [1.807, 2.05) is 18.0 Å². The predicted octanol–water partition coefficient (Wildman–Crippen LogP) is 1.89. The first-order valence-corrected chi connectivity index (χ1v) is 6.28. The van der Waals surface area contributed by atoms with E-state index < -0.39 is 5.69 Å². The normalized spacial score (nSPS) is 10.1. The van der Waals surface area contributed by atoms with Gasteiger partial charge < -0.3 is 4.90 Å². The summed E-state index contributed by atoms with van der Waals surface area (Å²) in [6.07, 6.45) is 0. The summed E-state index contributed by atoms with van der Waals surface area (Å²) in [7, 11) is 1.85. The van der Waals surface area contributed by atoms with Crippen molar-refractivity contribution in [1.29, 1.82) is 5.26 Å². The van der Waals surface area contributed by atoms with Crippen LogP contribution in [0.2, 0.25) is 0 Å². The Labute approximate surface area is 117 Å². The second kappa shape index (κ2) is 5.57. The fourth-order valence-corrected chi connectivity index (χ4v) is 2.06. The average molecular weight is 268 g/mol. The van der Waals surface area contributed by atoms with Gasteiger partial charge in [-0.1, -0.05) is 23.8 Å². The largest absolute Gasteiger partial charge is 0.355 e. The van der Waals surface area contributed by atoms with Gasteiger partial charge in [0.25, 0.3) is 0 Å². The van der Waals surface area contributed by atoms with Gasteiger partial charge in [-0.05, 0) is 25.0 Å². The van der Waals surface area contributed by atoms with Gasteiger partial charge in [-0.3, -0.25) is 4.98 Å². The van der Waals surface area contributed by atoms with E-state index in [0.717, 1.165) is 0 Å². The van der Waals surface area contributed by atoms with Crippen molar-refractivity contribution in [3.63, 3.8) is 0 Å². The molecule has 0 aliphatic heterocycles. The van der Waals surface area contributed by atoms with Gasteiger partial charge in [-0.15, -0.1) is 0 Å². The third-order valence-electron chi connectivity index (χ3n) is 3.15. The molecule has 1 aromatic heterocycles. The van der Waals surface area contributed by atoms with E-state index in [0.29, 0.717) is 12.4 Å². The van der Waals surface area contributed by atoms with E-state index in [1.54, 1.807) is 6.07 Å². The van der Waals surface area contributed by atoms with Crippen molar-refractivity contribution in [3.8, 4) is 6.07 Å². The molecule has 2 rings (SSSR count). The number of aromatic nitrogens is 2. The summed E-state index contributed by atoms with van der Waals surface area (Å²) >= 11 is 0. The number of nitrogens with one attached hydrogen (secondary N) is 1. The monoisotopic (exact) mass is 268 g/mol. The molecule has 0 saturated carbocycles. The number of hydrogen-bond acceptors (Lipinski definition) is 4. The van der Waals surface area contributed by atoms with Crippen molar-refractivity contribution in [1.82, 2.24) is 9.97 Å². The van der Waals surface area contributed by atoms with Gasteiger partial charge in [0.1, 0.15) is 17.6 Å². The number of hydrogen-bond donors (Lipinski definition) is 1. The van der Waals surface area contributed by atoms with Crippen molar-refractivity contribution in [2.45, 2.75) is 20.4 Å². The fraction of sp³-hybridized carbons (Fsp3) is 0.267. The van der Waals surface area contributed by atoms with Crippen molar-refractivity contribution in [3.05, 3.63) is 57.1 Å². The van der Waals surface area contributed by atoms with Crippen LogP contribution in [0.5, 0.6) is 0 Å². The van der Waals surface area contributed by atoms with Crippen LogP contribution in [0.4, 0.5) is 5.82 Å². The number of aryl methyl sites for hydroxylation is 2. The molecule has 2 aromatic rings. The highest BCUT2D eigenvalue weighted by Gasteiger charge is 2.08. The highest BCUT2D eigenvalue weighted by atomic mass is 16.1. The molecule has 5 nitrogen and oxygen atoms in total. The minimum Gasteiger partial charge on any atom is -0.355 e. The number of nitrogens with zero attached hydrogens (tertiary/aromatic N) is 3. The molecule has 0 fully saturated rings. The molecule has 0 bridgehead atoms. The Morgan fingerprint density at radius 2 is 2.10 bits per heavy atom. The van der Waals surface area contributed by atoms with Crippen molar-refractivity contribution >= 4 is 5.82 Å². The summed E-state index contributed by atoms with van der Waals surface area (Å²) < 4.78 is 0. The summed E-state index contributed by atoms with van der Waals surface area (Å²) in [5, 5.41) is 8.87. The molecule has 20 heavy (non-hydrogen) atoms. The maximum absolute atomic E-state index is 11.4. The first kappa shape index (κ1) is 13.8. The molecule has 102 valence electrons. The average Bonchev–Trinajstić information content (AvgIpc) is 2.41. The molecule has 0 aliphatic rings. The maximum Gasteiger partial charge on any atom is 0.347 e. The zero-order valence-corrected chi connectivity index (χ0v) is 11.8. The van der Waals surface area contributed by atoms with Gasteiger partial charge in [-0.2, -0.15) is 10.2 Å². The van der Waals surface area contributed by atoms with Crippen LogP contribution in [0.15, 0.2) is 29.1 Å². The highest BCUT2D eigenvalue weighted by molar-refractivity contribution is 5.43. The van der Waals surface area contributed by atoms with Gasteiger partial charge >= 0.3 is 5.69 Å². The SMILES string of the molecule is Cc1ccc(CN(C)c2cc(C#N)[nH]c(=O)n2)c(C)c1. The lowest BCUT2D eigenvalue weighted by Gasteiger charge is -2.19. The van der Waals surface area contributed by atoms with Gasteiger partial charge in [0.15, 0.2) is 0 Å². The van der Waals surface area contributed by atoms with Crippen LogP contribution in [0.1, 0.15) is 22.4 Å². The number of rotatable bonds is 3. The van der Waals surface area contributed by atoms with Gasteiger partial charge in [0, 0.05) is 19.7 Å². The third-order valence-corrected chi connectivity index (χ3v) is 3.15. The summed E-state index contributed by atoms with van der Waals surface area (Å²) in [4.78, 5) is 19.5. The minimum atomic E-state index is -0.508. The summed E-state index contributed by atoms with van der Waals surface area (Å²) in [6, 6.07) is 9.74. The lowest BCUT2D eigenvalue weighted by molar-refractivity contribution is 0.871. The van der Waals surface area contributed by atoms with Crippen molar-refractivity contribution < 1.29 is 0 Å². The predicted molar refractivity (Wildman–Crippen MR) is 77.6 cm³/mol. The van der Waals surface area contributed by atoms with E-state index in [-0.39, 0.29) is 5.69 Å². The lowest BCUT2D eigenvalue weighted by atomic mass is 10.1. The number of anilines is 1. The first-order chi connectivity index (χ1) is 9.49. The molecule has 0 spiro atoms. The van der Waals surface area contributed by atoms with Crippen molar-refractivity contribution in [2.75, 3.05) is 11.9 Å².